The first-order valence-corrected chi connectivity index (χ1v) is 38.5. The molecule has 0 amide bonds. The molecule has 3 heterocycles. The average molecular weight is 1440 g/mol. The van der Waals surface area contributed by atoms with E-state index in [9.17, 15) is 0 Å². The molecule has 0 unspecified atom stereocenters. The second-order valence-corrected chi connectivity index (χ2v) is 28.8. The van der Waals surface area contributed by atoms with Gasteiger partial charge in [0.25, 0.3) is 0 Å². The van der Waals surface area contributed by atoms with Gasteiger partial charge in [0.1, 0.15) is 22.3 Å². The largest absolute Gasteiger partial charge is 0.456 e. The van der Waals surface area contributed by atoms with E-state index in [1.54, 1.807) is 0 Å². The van der Waals surface area contributed by atoms with E-state index >= 15 is 0 Å². The quantitative estimate of drug-likeness (QED) is 0.176. The molecule has 3 heteroatoms. The van der Waals surface area contributed by atoms with Crippen molar-refractivity contribution in [2.24, 2.45) is 0 Å². The van der Waals surface area contributed by atoms with E-state index in [-0.39, 0.29) is 0 Å². The number of fused-ring (bicyclic) bond motifs is 11. The zero-order chi connectivity index (χ0) is 76.4. The van der Waals surface area contributed by atoms with E-state index in [4.69, 9.17) is 8.83 Å². The Labute approximate surface area is 653 Å². The molecule has 0 saturated heterocycles. The van der Waals surface area contributed by atoms with Gasteiger partial charge >= 0.3 is 0 Å². The highest BCUT2D eigenvalue weighted by atomic mass is 32.1. The van der Waals surface area contributed by atoms with Crippen molar-refractivity contribution in [3.63, 3.8) is 0 Å². The number of hydrogen-bond acceptors (Lipinski definition) is 3. The van der Waals surface area contributed by atoms with Crippen LogP contribution in [0.3, 0.4) is 0 Å². The predicted octanol–water partition coefficient (Wildman–Crippen LogP) is 31.4. The second-order valence-electron chi connectivity index (χ2n) is 27.7. The van der Waals surface area contributed by atoms with Crippen molar-refractivity contribution in [3.8, 4) is 33.4 Å². The Morgan fingerprint density at radius 1 is 0.182 bits per heavy atom. The van der Waals surface area contributed by atoms with E-state index in [1.807, 2.05) is 96.3 Å². The minimum absolute atomic E-state index is 0.966. The van der Waals surface area contributed by atoms with Gasteiger partial charge in [-0.05, 0) is 181 Å². The maximum Gasteiger partial charge on any atom is 0.135 e. The van der Waals surface area contributed by atoms with Gasteiger partial charge in [0.15, 0.2) is 0 Å². The summed E-state index contributed by atoms with van der Waals surface area (Å²) in [5, 5.41) is 12.9. The van der Waals surface area contributed by atoms with Crippen LogP contribution in [0.4, 0.5) is 0 Å². The van der Waals surface area contributed by atoms with Gasteiger partial charge in [-0.25, -0.2) is 0 Å². The molecule has 0 bridgehead atoms. The first-order chi connectivity index (χ1) is 53.8. The van der Waals surface area contributed by atoms with Crippen molar-refractivity contribution in [3.05, 3.63) is 457 Å². The minimum Gasteiger partial charge on any atom is -0.456 e. The third-order valence-electron chi connectivity index (χ3n) is 19.0. The van der Waals surface area contributed by atoms with Crippen LogP contribution in [0.5, 0.6) is 0 Å². The van der Waals surface area contributed by atoms with E-state index in [2.05, 4.69) is 384 Å². The summed E-state index contributed by atoms with van der Waals surface area (Å²) in [7, 11) is 0. The standard InChI is InChI=1S/2C13H10O.C13H10S.3C13H12.2C11H10.C7H8/c1-9-5-4-8-12-13(9)10-6-2-3-7-11(10)14-12;2*1-9-6-7-11-10-4-2-3-5-12(10)14-13(11)8-9;1-11-7-5-6-10-13(11)12-8-3-2-4-9-12;1-11-6-5-9-13(10-11)12-7-3-2-4-8-12;1-11-7-9-13(10-8-11)12-5-3-2-4-6-12;1-9-5-4-7-10-6-2-3-8-11(9)10;1-9-6-7-10-4-2-3-5-11(10)8-9;1-7-5-3-2-4-6-7/h3*2-8H,1H3;3*2-10H,1H3;2*2-8H,1H3;2-6H,1H3. The smallest absolute Gasteiger partial charge is 0.135 e. The lowest BCUT2D eigenvalue weighted by Crippen LogP contribution is -1.80. The molecule has 540 valence electrons. The molecule has 0 aliphatic heterocycles. The lowest BCUT2D eigenvalue weighted by Gasteiger charge is -2.04. The van der Waals surface area contributed by atoms with Crippen molar-refractivity contribution >= 4 is 96.9 Å². The van der Waals surface area contributed by atoms with Gasteiger partial charge in [-0.15, -0.1) is 11.3 Å². The van der Waals surface area contributed by atoms with Crippen LogP contribution in [0.1, 0.15) is 50.1 Å². The molecular formula is C107H94O2S. The Bertz CT molecular complexity index is 6120. The summed E-state index contributed by atoms with van der Waals surface area (Å²) in [4.78, 5) is 0. The van der Waals surface area contributed by atoms with Gasteiger partial charge < -0.3 is 8.83 Å². The van der Waals surface area contributed by atoms with Gasteiger partial charge in [-0.1, -0.05) is 392 Å². The Morgan fingerprint density at radius 3 is 1.23 bits per heavy atom. The molecule has 0 fully saturated rings. The van der Waals surface area contributed by atoms with Crippen LogP contribution < -0.4 is 0 Å². The number of benzene rings is 17. The summed E-state index contributed by atoms with van der Waals surface area (Å²) < 4.78 is 14.2. The van der Waals surface area contributed by atoms with Crippen molar-refractivity contribution in [2.75, 3.05) is 0 Å². The van der Waals surface area contributed by atoms with Crippen molar-refractivity contribution in [1.82, 2.24) is 0 Å². The number of rotatable bonds is 3. The van der Waals surface area contributed by atoms with Gasteiger partial charge in [0.05, 0.1) is 0 Å². The molecule has 0 aliphatic rings. The molecular weight excluding hydrogens is 1350 g/mol. The molecule has 3 aromatic heterocycles. The summed E-state index contributed by atoms with van der Waals surface area (Å²) in [6, 6.07) is 141. The fourth-order valence-electron chi connectivity index (χ4n) is 13.2. The molecule has 0 N–H and O–H groups in total. The van der Waals surface area contributed by atoms with Crippen LogP contribution in [-0.2, 0) is 0 Å². The molecule has 20 aromatic rings. The lowest BCUT2D eigenvalue weighted by molar-refractivity contribution is 0.668. The summed E-state index contributed by atoms with van der Waals surface area (Å²) in [5.74, 6) is 0. The van der Waals surface area contributed by atoms with E-state index in [0.717, 1.165) is 22.3 Å². The average Bonchev–Trinajstić information content (AvgIpc) is 1.65. The molecule has 0 saturated carbocycles. The highest BCUT2D eigenvalue weighted by molar-refractivity contribution is 7.25. The lowest BCUT2D eigenvalue weighted by atomic mass is 10.0. The topological polar surface area (TPSA) is 26.3 Å². The molecule has 0 radical (unpaired) electrons. The Kier molecular flexibility index (Phi) is 26.9. The van der Waals surface area contributed by atoms with Gasteiger partial charge in [-0.3, -0.25) is 0 Å². The summed E-state index contributed by atoms with van der Waals surface area (Å²) in [5.41, 5.74) is 23.4. The van der Waals surface area contributed by atoms with Crippen LogP contribution >= 0.6 is 11.3 Å². The summed E-state index contributed by atoms with van der Waals surface area (Å²) >= 11 is 1.88. The van der Waals surface area contributed by atoms with E-state index in [1.165, 1.54) is 147 Å². The fraction of sp³-hybridized carbons (Fsp3) is 0.0841. The zero-order valence-electron chi connectivity index (χ0n) is 64.4. The van der Waals surface area contributed by atoms with Crippen molar-refractivity contribution in [1.29, 1.82) is 0 Å². The van der Waals surface area contributed by atoms with Crippen LogP contribution in [0, 0.1) is 62.3 Å². The number of thiophene rings is 1. The van der Waals surface area contributed by atoms with Gasteiger partial charge in [-0.2, -0.15) is 0 Å². The minimum atomic E-state index is 0.966. The summed E-state index contributed by atoms with van der Waals surface area (Å²) in [6.07, 6.45) is 0. The fourth-order valence-corrected chi connectivity index (χ4v) is 14.4. The first kappa shape index (κ1) is 76.7. The molecule has 0 spiro atoms. The highest BCUT2D eigenvalue weighted by Crippen LogP contribution is 2.35. The predicted molar refractivity (Wildman–Crippen MR) is 479 cm³/mol. The number of aryl methyl sites for hydroxylation is 9. The Balaban J connectivity index is 0.000000116. The zero-order valence-corrected chi connectivity index (χ0v) is 65.2. The molecule has 0 atom stereocenters. The number of para-hydroxylation sites is 2. The van der Waals surface area contributed by atoms with Crippen LogP contribution in [0.15, 0.2) is 415 Å². The number of hydrogen-bond donors (Lipinski definition) is 0. The summed E-state index contributed by atoms with van der Waals surface area (Å²) in [6.45, 7) is 19.0. The van der Waals surface area contributed by atoms with Gasteiger partial charge in [0, 0.05) is 41.7 Å². The molecule has 110 heavy (non-hydrogen) atoms. The maximum absolute atomic E-state index is 5.73. The Hall–Kier alpha value is -12.9. The van der Waals surface area contributed by atoms with Gasteiger partial charge in [0.2, 0.25) is 0 Å². The number of furan rings is 2. The van der Waals surface area contributed by atoms with E-state index in [0.29, 0.717) is 0 Å². The molecule has 17 aromatic carbocycles. The maximum atomic E-state index is 5.73. The van der Waals surface area contributed by atoms with Crippen LogP contribution in [-0.4, -0.2) is 0 Å². The van der Waals surface area contributed by atoms with Crippen molar-refractivity contribution < 1.29 is 8.83 Å². The van der Waals surface area contributed by atoms with E-state index < -0.39 is 0 Å². The second kappa shape index (κ2) is 38.6. The third-order valence-corrected chi connectivity index (χ3v) is 20.2. The molecule has 2 nitrogen and oxygen atoms in total. The molecule has 0 aliphatic carbocycles. The van der Waals surface area contributed by atoms with Crippen molar-refractivity contribution in [2.45, 2.75) is 62.3 Å². The normalized spacial score (nSPS) is 10.4. The SMILES string of the molecule is Cc1ccc(-c2ccccc2)cc1.Cc1ccc2c(c1)oc1ccccc12.Cc1ccc2c(c1)sc1ccccc12.Cc1ccc2ccccc2c1.Cc1cccc(-c2ccccc2)c1.Cc1cccc2ccccc12.Cc1cccc2oc3ccccc3c12.Cc1ccccc1.Cc1ccccc1-c1ccccc1. The Morgan fingerprint density at radius 2 is 0.573 bits per heavy atom. The monoisotopic (exact) mass is 1440 g/mol. The third kappa shape index (κ3) is 21.0. The molecule has 20 rings (SSSR count). The van der Waals surface area contributed by atoms with Crippen LogP contribution in [0.2, 0.25) is 0 Å². The van der Waals surface area contributed by atoms with Crippen LogP contribution in [0.25, 0.3) is 119 Å². The first-order valence-electron chi connectivity index (χ1n) is 37.7. The highest BCUT2D eigenvalue weighted by Gasteiger charge is 2.09.